The number of sulfonamides is 1. The summed E-state index contributed by atoms with van der Waals surface area (Å²) in [6.45, 7) is 3.32. The van der Waals surface area contributed by atoms with Crippen LogP contribution in [0.2, 0.25) is 0 Å². The van der Waals surface area contributed by atoms with E-state index in [2.05, 4.69) is 10.4 Å². The van der Waals surface area contributed by atoms with Crippen LogP contribution in [-0.4, -0.2) is 24.5 Å². The lowest BCUT2D eigenvalue weighted by atomic mass is 10.0. The Morgan fingerprint density at radius 1 is 1.13 bits per heavy atom. The Bertz CT molecular complexity index is 1200. The predicted molar refractivity (Wildman–Crippen MR) is 114 cm³/mol. The lowest BCUT2D eigenvalue weighted by molar-refractivity contribution is -0.114. The number of furan rings is 1. The zero-order valence-electron chi connectivity index (χ0n) is 16.6. The number of carbonyl (C=O) groups is 1. The normalized spacial score (nSPS) is 16.4. The van der Waals surface area contributed by atoms with Crippen LogP contribution in [0.15, 0.2) is 81.3 Å². The smallest absolute Gasteiger partial charge is 0.279 e. The zero-order valence-corrected chi connectivity index (χ0v) is 17.4. The number of rotatable bonds is 5. The van der Waals surface area contributed by atoms with Crippen molar-refractivity contribution >= 4 is 27.3 Å². The van der Waals surface area contributed by atoms with Crippen LogP contribution in [0.4, 0.5) is 5.69 Å². The summed E-state index contributed by atoms with van der Waals surface area (Å²) < 4.78 is 33.4. The average Bonchev–Trinajstić information content (AvgIpc) is 3.38. The Labute approximate surface area is 175 Å². The van der Waals surface area contributed by atoms with Crippen molar-refractivity contribution in [3.8, 4) is 0 Å². The van der Waals surface area contributed by atoms with E-state index < -0.39 is 16.1 Å². The number of carbonyl (C=O) groups excluding carboxylic acids is 1. The molecule has 7 nitrogen and oxygen atoms in total. The van der Waals surface area contributed by atoms with Gasteiger partial charge in [-0.05, 0) is 48.9 Å². The highest BCUT2D eigenvalue weighted by atomic mass is 32.2. The van der Waals surface area contributed by atoms with Crippen molar-refractivity contribution in [2.45, 2.75) is 31.2 Å². The third-order valence-electron chi connectivity index (χ3n) is 4.84. The fraction of sp³-hybridized carbons (Fsp3) is 0.182. The Morgan fingerprint density at radius 3 is 2.57 bits per heavy atom. The molecule has 1 amide bonds. The number of nitrogens with zero attached hydrogens (tertiary/aromatic N) is 2. The van der Waals surface area contributed by atoms with Crippen LogP contribution in [0.25, 0.3) is 0 Å². The van der Waals surface area contributed by atoms with E-state index >= 15 is 0 Å². The summed E-state index contributed by atoms with van der Waals surface area (Å²) in [5.41, 5.74) is 2.83. The van der Waals surface area contributed by atoms with Crippen molar-refractivity contribution in [3.63, 3.8) is 0 Å². The number of benzene rings is 2. The monoisotopic (exact) mass is 423 g/mol. The summed E-state index contributed by atoms with van der Waals surface area (Å²) in [6, 6.07) is 16.7. The molecule has 0 spiro atoms. The van der Waals surface area contributed by atoms with Gasteiger partial charge in [-0.3, -0.25) is 4.79 Å². The van der Waals surface area contributed by atoms with Gasteiger partial charge in [-0.2, -0.15) is 17.9 Å². The Balaban J connectivity index is 1.77. The van der Waals surface area contributed by atoms with Crippen LogP contribution < -0.4 is 5.32 Å². The summed E-state index contributed by atoms with van der Waals surface area (Å²) >= 11 is 0. The van der Waals surface area contributed by atoms with E-state index in [0.29, 0.717) is 23.6 Å². The molecule has 1 aliphatic heterocycles. The van der Waals surface area contributed by atoms with Gasteiger partial charge in [0.1, 0.15) is 11.5 Å². The molecule has 30 heavy (non-hydrogen) atoms. The van der Waals surface area contributed by atoms with Crippen LogP contribution in [0, 0.1) is 6.92 Å². The van der Waals surface area contributed by atoms with Crippen LogP contribution >= 0.6 is 0 Å². The number of anilines is 1. The summed E-state index contributed by atoms with van der Waals surface area (Å²) in [6.07, 6.45) is 1.88. The van der Waals surface area contributed by atoms with Crippen LogP contribution in [0.1, 0.15) is 36.3 Å². The fourth-order valence-corrected chi connectivity index (χ4v) is 4.83. The van der Waals surface area contributed by atoms with E-state index in [0.717, 1.165) is 15.5 Å². The van der Waals surface area contributed by atoms with Gasteiger partial charge in [0.05, 0.1) is 17.2 Å². The number of hydrogen-bond acceptors (Lipinski definition) is 5. The van der Waals surface area contributed by atoms with E-state index in [-0.39, 0.29) is 10.8 Å². The summed E-state index contributed by atoms with van der Waals surface area (Å²) in [5, 5.41) is 7.17. The van der Waals surface area contributed by atoms with Gasteiger partial charge >= 0.3 is 0 Å². The van der Waals surface area contributed by atoms with Crippen molar-refractivity contribution in [1.82, 2.24) is 4.41 Å². The SMILES string of the molecule is CC(=O)Nc1cccc(C2CC(c3ccco3)=NN2S(=O)(=O)c2ccc(C)cc2)c1. The molecule has 0 aliphatic carbocycles. The first-order valence-corrected chi connectivity index (χ1v) is 10.9. The van der Waals surface area contributed by atoms with Crippen LogP contribution in [0.3, 0.4) is 0 Å². The second-order valence-corrected chi connectivity index (χ2v) is 8.94. The van der Waals surface area contributed by atoms with Gasteiger partial charge in [-0.1, -0.05) is 29.8 Å². The lowest BCUT2D eigenvalue weighted by Gasteiger charge is -2.24. The van der Waals surface area contributed by atoms with Crippen molar-refractivity contribution in [2.24, 2.45) is 5.10 Å². The predicted octanol–water partition coefficient (Wildman–Crippen LogP) is 4.09. The van der Waals surface area contributed by atoms with Crippen LogP contribution in [-0.2, 0) is 14.8 Å². The number of aryl methyl sites for hydroxylation is 1. The minimum absolute atomic E-state index is 0.167. The molecular weight excluding hydrogens is 402 g/mol. The van der Waals surface area contributed by atoms with Crippen molar-refractivity contribution < 1.29 is 17.6 Å². The highest BCUT2D eigenvalue weighted by Crippen LogP contribution is 2.38. The van der Waals surface area contributed by atoms with Gasteiger partial charge in [0.2, 0.25) is 5.91 Å². The maximum absolute atomic E-state index is 13.4. The quantitative estimate of drug-likeness (QED) is 0.669. The molecule has 8 heteroatoms. The van der Waals surface area contributed by atoms with Crippen molar-refractivity contribution in [1.29, 1.82) is 0 Å². The van der Waals surface area contributed by atoms with Crippen molar-refractivity contribution in [3.05, 3.63) is 83.8 Å². The molecule has 1 N–H and O–H groups in total. The molecule has 4 rings (SSSR count). The molecule has 2 aromatic carbocycles. The maximum atomic E-state index is 13.4. The van der Waals surface area contributed by atoms with Gasteiger partial charge in [0, 0.05) is 19.0 Å². The molecule has 2 heterocycles. The number of amides is 1. The van der Waals surface area contributed by atoms with Gasteiger partial charge in [-0.25, -0.2) is 0 Å². The first kappa shape index (κ1) is 19.9. The van der Waals surface area contributed by atoms with E-state index in [1.165, 1.54) is 13.2 Å². The molecule has 0 radical (unpaired) electrons. The van der Waals surface area contributed by atoms with Gasteiger partial charge in [-0.15, -0.1) is 0 Å². The summed E-state index contributed by atoms with van der Waals surface area (Å²) in [4.78, 5) is 11.6. The average molecular weight is 423 g/mol. The Hall–Kier alpha value is -3.39. The third-order valence-corrected chi connectivity index (χ3v) is 6.53. The Kier molecular flexibility index (Phi) is 5.17. The second kappa shape index (κ2) is 7.79. The summed E-state index contributed by atoms with van der Waals surface area (Å²) in [5.74, 6) is 0.329. The largest absolute Gasteiger partial charge is 0.463 e. The zero-order chi connectivity index (χ0) is 21.3. The molecule has 154 valence electrons. The lowest BCUT2D eigenvalue weighted by Crippen LogP contribution is -2.27. The molecule has 1 aromatic heterocycles. The topological polar surface area (TPSA) is 92.0 Å². The van der Waals surface area contributed by atoms with E-state index in [4.69, 9.17) is 4.42 Å². The molecule has 3 aromatic rings. The molecule has 1 aliphatic rings. The highest BCUT2D eigenvalue weighted by molar-refractivity contribution is 7.89. The van der Waals surface area contributed by atoms with Gasteiger partial charge in [0.25, 0.3) is 10.0 Å². The van der Waals surface area contributed by atoms with E-state index in [1.54, 1.807) is 54.6 Å². The van der Waals surface area contributed by atoms with Gasteiger partial charge < -0.3 is 9.73 Å². The maximum Gasteiger partial charge on any atom is 0.279 e. The van der Waals surface area contributed by atoms with E-state index in [1.807, 2.05) is 13.0 Å². The van der Waals surface area contributed by atoms with Gasteiger partial charge in [0.15, 0.2) is 0 Å². The van der Waals surface area contributed by atoms with Crippen molar-refractivity contribution in [2.75, 3.05) is 5.32 Å². The van der Waals surface area contributed by atoms with Crippen LogP contribution in [0.5, 0.6) is 0 Å². The molecule has 0 bridgehead atoms. The first-order chi connectivity index (χ1) is 14.3. The first-order valence-electron chi connectivity index (χ1n) is 9.44. The molecule has 1 atom stereocenters. The highest BCUT2D eigenvalue weighted by Gasteiger charge is 2.38. The second-order valence-electron chi connectivity index (χ2n) is 7.14. The molecule has 0 saturated carbocycles. The summed E-state index contributed by atoms with van der Waals surface area (Å²) in [7, 11) is -3.90. The minimum atomic E-state index is -3.90. The van der Waals surface area contributed by atoms with E-state index in [9.17, 15) is 13.2 Å². The molecule has 0 fully saturated rings. The number of hydrazone groups is 1. The molecule has 1 unspecified atom stereocenters. The standard InChI is InChI=1S/C22H21N3O4S/c1-15-8-10-19(11-9-15)30(27,28)25-21(14-20(24-25)22-7-4-12-29-22)17-5-3-6-18(13-17)23-16(2)26/h3-13,21H,14H2,1-2H3,(H,23,26). The fourth-order valence-electron chi connectivity index (χ4n) is 3.40. The molecular formula is C22H21N3O4S. The minimum Gasteiger partial charge on any atom is -0.463 e. The molecule has 0 saturated heterocycles. The Morgan fingerprint density at radius 2 is 1.90 bits per heavy atom. The number of nitrogens with one attached hydrogen (secondary N) is 1. The number of hydrogen-bond donors (Lipinski definition) is 1. The third kappa shape index (κ3) is 3.86.